The summed E-state index contributed by atoms with van der Waals surface area (Å²) in [7, 11) is 1.77. The quantitative estimate of drug-likeness (QED) is 0.792. The molecule has 0 aliphatic rings. The Hall–Kier alpha value is -1.02. The molecule has 2 rings (SSSR count). The van der Waals surface area contributed by atoms with Crippen LogP contribution in [-0.4, -0.2) is 9.55 Å². The van der Waals surface area contributed by atoms with Crippen molar-refractivity contribution in [2.75, 3.05) is 0 Å². The second kappa shape index (κ2) is 4.69. The minimum atomic E-state index is 0.460. The van der Waals surface area contributed by atoms with Crippen LogP contribution < -0.4 is 0 Å². The molecule has 0 spiro atoms. The molecule has 0 aliphatic heterocycles. The molecular formula is C11H6BrCl2N3. The van der Waals surface area contributed by atoms with Crippen molar-refractivity contribution in [3.63, 3.8) is 0 Å². The highest BCUT2D eigenvalue weighted by Crippen LogP contribution is 2.29. The zero-order valence-corrected chi connectivity index (χ0v) is 11.8. The number of benzene rings is 1. The van der Waals surface area contributed by atoms with Crippen LogP contribution >= 0.6 is 39.1 Å². The topological polar surface area (TPSA) is 41.6 Å². The van der Waals surface area contributed by atoms with Crippen LogP contribution in [0.15, 0.2) is 22.8 Å². The molecule has 6 heteroatoms. The van der Waals surface area contributed by atoms with Crippen molar-refractivity contribution in [1.29, 1.82) is 5.26 Å². The zero-order valence-electron chi connectivity index (χ0n) is 8.71. The molecule has 0 fully saturated rings. The maximum Gasteiger partial charge on any atom is 0.154 e. The van der Waals surface area contributed by atoms with Crippen molar-refractivity contribution >= 4 is 39.1 Å². The van der Waals surface area contributed by atoms with Crippen molar-refractivity contribution in [2.45, 2.75) is 0 Å². The summed E-state index contributed by atoms with van der Waals surface area (Å²) >= 11 is 15.0. The van der Waals surface area contributed by atoms with Gasteiger partial charge in [-0.3, -0.25) is 0 Å². The first-order valence-corrected chi connectivity index (χ1v) is 6.17. The van der Waals surface area contributed by atoms with Gasteiger partial charge in [0, 0.05) is 12.6 Å². The van der Waals surface area contributed by atoms with E-state index in [2.05, 4.69) is 27.0 Å². The smallest absolute Gasteiger partial charge is 0.154 e. The molecule has 0 unspecified atom stereocenters. The molecule has 2 aromatic rings. The van der Waals surface area contributed by atoms with Crippen LogP contribution in [0.25, 0.3) is 11.4 Å². The summed E-state index contributed by atoms with van der Waals surface area (Å²) in [5, 5.41) is 9.92. The fourth-order valence-electron chi connectivity index (χ4n) is 1.48. The number of nitrogens with zero attached hydrogens (tertiary/aromatic N) is 3. The largest absolute Gasteiger partial charge is 0.318 e. The third kappa shape index (κ3) is 2.19. The van der Waals surface area contributed by atoms with E-state index >= 15 is 0 Å². The molecule has 3 nitrogen and oxygen atoms in total. The van der Waals surface area contributed by atoms with E-state index in [0.29, 0.717) is 26.2 Å². The monoisotopic (exact) mass is 329 g/mol. The number of aromatic nitrogens is 2. The first kappa shape index (κ1) is 12.4. The second-order valence-corrected chi connectivity index (χ2v) is 4.94. The summed E-state index contributed by atoms with van der Waals surface area (Å²) in [6, 6.07) is 7.31. The Kier molecular flexibility index (Phi) is 3.43. The number of imidazole rings is 1. The fourth-order valence-corrected chi connectivity index (χ4v) is 2.30. The summed E-state index contributed by atoms with van der Waals surface area (Å²) in [6.07, 6.45) is 0. The lowest BCUT2D eigenvalue weighted by Crippen LogP contribution is -1.95. The Balaban J connectivity index is 2.62. The van der Waals surface area contributed by atoms with E-state index in [1.807, 2.05) is 6.07 Å². The first-order valence-electron chi connectivity index (χ1n) is 4.62. The van der Waals surface area contributed by atoms with E-state index in [1.165, 1.54) is 0 Å². The molecule has 0 atom stereocenters. The van der Waals surface area contributed by atoms with Gasteiger partial charge in [0.1, 0.15) is 16.5 Å². The summed E-state index contributed by atoms with van der Waals surface area (Å²) < 4.78 is 2.22. The number of hydrogen-bond donors (Lipinski definition) is 0. The third-order valence-corrected chi connectivity index (χ3v) is 3.63. The molecule has 1 aromatic heterocycles. The van der Waals surface area contributed by atoms with E-state index in [0.717, 1.165) is 5.56 Å². The van der Waals surface area contributed by atoms with Crippen molar-refractivity contribution in [3.05, 3.63) is 38.5 Å². The number of nitriles is 1. The van der Waals surface area contributed by atoms with Crippen LogP contribution in [0.5, 0.6) is 0 Å². The molecule has 0 saturated heterocycles. The van der Waals surface area contributed by atoms with Gasteiger partial charge in [-0.2, -0.15) is 5.26 Å². The Morgan fingerprint density at radius 2 is 2.06 bits per heavy atom. The maximum absolute atomic E-state index is 8.97. The normalized spacial score (nSPS) is 10.3. The average molecular weight is 331 g/mol. The Morgan fingerprint density at radius 1 is 1.35 bits per heavy atom. The fraction of sp³-hybridized carbons (Fsp3) is 0.0909. The summed E-state index contributed by atoms with van der Waals surface area (Å²) in [4.78, 5) is 4.28. The van der Waals surface area contributed by atoms with Gasteiger partial charge in [0.25, 0.3) is 0 Å². The van der Waals surface area contributed by atoms with Crippen molar-refractivity contribution in [3.8, 4) is 17.5 Å². The first-order chi connectivity index (χ1) is 8.04. The van der Waals surface area contributed by atoms with E-state index in [4.69, 9.17) is 28.5 Å². The minimum absolute atomic E-state index is 0.460. The lowest BCUT2D eigenvalue weighted by atomic mass is 10.2. The highest BCUT2D eigenvalue weighted by atomic mass is 79.9. The van der Waals surface area contributed by atoms with Crippen molar-refractivity contribution in [2.24, 2.45) is 7.05 Å². The van der Waals surface area contributed by atoms with Crippen LogP contribution in [0.1, 0.15) is 5.69 Å². The van der Waals surface area contributed by atoms with Gasteiger partial charge >= 0.3 is 0 Å². The molecule has 0 radical (unpaired) electrons. The average Bonchev–Trinajstić information content (AvgIpc) is 2.58. The molecule has 0 saturated carbocycles. The van der Waals surface area contributed by atoms with Crippen LogP contribution in [0.4, 0.5) is 0 Å². The minimum Gasteiger partial charge on any atom is -0.318 e. The van der Waals surface area contributed by atoms with Gasteiger partial charge in [0.05, 0.1) is 10.0 Å². The number of hydrogen-bond acceptors (Lipinski definition) is 2. The Bertz CT molecular complexity index is 628. The SMILES string of the molecule is Cn1c(-c2ccc(Cl)c(Cl)c2)nc(Br)c1C#N. The summed E-state index contributed by atoms with van der Waals surface area (Å²) in [5.74, 6) is 0.659. The number of halogens is 3. The zero-order chi connectivity index (χ0) is 12.6. The molecule has 1 aromatic carbocycles. The van der Waals surface area contributed by atoms with Gasteiger partial charge in [-0.25, -0.2) is 4.98 Å². The Labute approximate surface area is 117 Å². The second-order valence-electron chi connectivity index (χ2n) is 3.37. The van der Waals surface area contributed by atoms with Gasteiger partial charge in [-0.15, -0.1) is 0 Å². The molecule has 0 amide bonds. The van der Waals surface area contributed by atoms with Crippen molar-refractivity contribution < 1.29 is 0 Å². The molecule has 17 heavy (non-hydrogen) atoms. The highest BCUT2D eigenvalue weighted by molar-refractivity contribution is 9.10. The van der Waals surface area contributed by atoms with E-state index in [1.54, 1.807) is 23.7 Å². The maximum atomic E-state index is 8.97. The lowest BCUT2D eigenvalue weighted by molar-refractivity contribution is 0.907. The molecule has 1 heterocycles. The molecule has 0 N–H and O–H groups in total. The summed E-state index contributed by atoms with van der Waals surface area (Å²) in [5.41, 5.74) is 1.27. The molecule has 0 aliphatic carbocycles. The van der Waals surface area contributed by atoms with Gasteiger partial charge in [0.2, 0.25) is 0 Å². The van der Waals surface area contributed by atoms with Gasteiger partial charge in [0.15, 0.2) is 5.69 Å². The molecule has 0 bridgehead atoms. The van der Waals surface area contributed by atoms with Gasteiger partial charge < -0.3 is 4.57 Å². The lowest BCUT2D eigenvalue weighted by Gasteiger charge is -2.03. The van der Waals surface area contributed by atoms with Crippen molar-refractivity contribution in [1.82, 2.24) is 9.55 Å². The standard InChI is InChI=1S/C11H6BrCl2N3/c1-17-9(5-15)10(12)16-11(17)6-2-3-7(13)8(14)4-6/h2-4H,1H3. The van der Waals surface area contributed by atoms with Gasteiger partial charge in [-0.05, 0) is 34.1 Å². The highest BCUT2D eigenvalue weighted by Gasteiger charge is 2.14. The van der Waals surface area contributed by atoms with Crippen LogP contribution in [0.3, 0.4) is 0 Å². The van der Waals surface area contributed by atoms with E-state index < -0.39 is 0 Å². The van der Waals surface area contributed by atoms with Gasteiger partial charge in [-0.1, -0.05) is 23.2 Å². The predicted octanol–water partition coefficient (Wildman–Crippen LogP) is 4.03. The third-order valence-electron chi connectivity index (χ3n) is 2.34. The number of rotatable bonds is 1. The Morgan fingerprint density at radius 3 is 2.59 bits per heavy atom. The molecular weight excluding hydrogens is 325 g/mol. The van der Waals surface area contributed by atoms with E-state index in [-0.39, 0.29) is 0 Å². The van der Waals surface area contributed by atoms with E-state index in [9.17, 15) is 0 Å². The van der Waals surface area contributed by atoms with Crippen LogP contribution in [0.2, 0.25) is 10.0 Å². The predicted molar refractivity (Wildman–Crippen MR) is 71.1 cm³/mol. The van der Waals surface area contributed by atoms with Crippen LogP contribution in [0, 0.1) is 11.3 Å². The van der Waals surface area contributed by atoms with Crippen LogP contribution in [-0.2, 0) is 7.05 Å². The summed E-state index contributed by atoms with van der Waals surface area (Å²) in [6.45, 7) is 0. The molecule has 86 valence electrons.